The highest BCUT2D eigenvalue weighted by molar-refractivity contribution is 6.31. The number of hydrogen-bond donors (Lipinski definition) is 0. The van der Waals surface area contributed by atoms with Crippen LogP contribution in [0.3, 0.4) is 0 Å². The molecule has 25 heavy (non-hydrogen) atoms. The van der Waals surface area contributed by atoms with Crippen LogP contribution in [0.2, 0.25) is 5.02 Å². The fourth-order valence-corrected chi connectivity index (χ4v) is 3.27. The number of nitrogens with zero attached hydrogens (tertiary/aromatic N) is 3. The molecular formula is C16H22ClN3O5. The number of ether oxygens (including phenoxy) is 3. The van der Waals surface area contributed by atoms with Gasteiger partial charge in [-0.25, -0.2) is 0 Å². The van der Waals surface area contributed by atoms with Crippen LogP contribution in [0.5, 0.6) is 0 Å². The lowest BCUT2D eigenvalue weighted by Crippen LogP contribution is -2.43. The molecule has 9 heteroatoms. The van der Waals surface area contributed by atoms with Crippen LogP contribution in [-0.4, -0.2) is 57.7 Å². The first-order valence-corrected chi connectivity index (χ1v) is 8.59. The highest BCUT2D eigenvalue weighted by atomic mass is 35.5. The van der Waals surface area contributed by atoms with Gasteiger partial charge in [-0.3, -0.25) is 14.3 Å². The van der Waals surface area contributed by atoms with Gasteiger partial charge in [-0.15, -0.1) is 0 Å². The molecule has 3 rings (SSSR count). The lowest BCUT2D eigenvalue weighted by atomic mass is 10.2. The van der Waals surface area contributed by atoms with Gasteiger partial charge in [-0.05, 0) is 13.8 Å². The van der Waals surface area contributed by atoms with Crippen LogP contribution >= 0.6 is 11.6 Å². The van der Waals surface area contributed by atoms with Crippen LogP contribution in [0.1, 0.15) is 32.4 Å². The number of rotatable bonds is 5. The number of carbonyl (C=O) groups is 2. The van der Waals surface area contributed by atoms with Crippen molar-refractivity contribution in [3.63, 3.8) is 0 Å². The molecule has 1 aromatic rings. The maximum absolute atomic E-state index is 12.8. The standard InChI is InChI=1S/C16H22ClN3O5/c1-16(2)23-9-10(25-16)6-20(8-12-11(17)7-19(3)18-12)15(22)13-4-5-14(21)24-13/h7,10,13H,4-6,8-9H2,1-3H3/t10-,13-/m1/s1. The summed E-state index contributed by atoms with van der Waals surface area (Å²) in [6, 6.07) is 0. The van der Waals surface area contributed by atoms with E-state index in [-0.39, 0.29) is 30.9 Å². The van der Waals surface area contributed by atoms with Crippen molar-refractivity contribution in [3.8, 4) is 0 Å². The van der Waals surface area contributed by atoms with Gasteiger partial charge in [0.05, 0.1) is 18.2 Å². The van der Waals surface area contributed by atoms with Crippen LogP contribution in [0.25, 0.3) is 0 Å². The van der Waals surface area contributed by atoms with Crippen molar-refractivity contribution in [1.29, 1.82) is 0 Å². The summed E-state index contributed by atoms with van der Waals surface area (Å²) in [4.78, 5) is 25.8. The zero-order valence-corrected chi connectivity index (χ0v) is 15.3. The quantitative estimate of drug-likeness (QED) is 0.725. The molecule has 0 radical (unpaired) electrons. The summed E-state index contributed by atoms with van der Waals surface area (Å²) in [6.07, 6.45) is 1.29. The number of hydrogen-bond acceptors (Lipinski definition) is 6. The molecule has 8 nitrogen and oxygen atoms in total. The summed E-state index contributed by atoms with van der Waals surface area (Å²) < 4.78 is 18.1. The monoisotopic (exact) mass is 371 g/mol. The molecule has 2 saturated heterocycles. The second-order valence-corrected chi connectivity index (χ2v) is 7.19. The summed E-state index contributed by atoms with van der Waals surface area (Å²) in [5.41, 5.74) is 0.583. The minimum Gasteiger partial charge on any atom is -0.452 e. The van der Waals surface area contributed by atoms with Gasteiger partial charge in [0.15, 0.2) is 11.9 Å². The zero-order valence-electron chi connectivity index (χ0n) is 14.5. The highest BCUT2D eigenvalue weighted by Crippen LogP contribution is 2.25. The Morgan fingerprint density at radius 2 is 2.28 bits per heavy atom. The van der Waals surface area contributed by atoms with Gasteiger partial charge in [0, 0.05) is 32.6 Å². The zero-order chi connectivity index (χ0) is 18.2. The average molecular weight is 372 g/mol. The minimum atomic E-state index is -0.759. The predicted octanol–water partition coefficient (Wildman–Crippen LogP) is 1.26. The Labute approximate surface area is 150 Å². The van der Waals surface area contributed by atoms with Crippen molar-refractivity contribution in [2.75, 3.05) is 13.2 Å². The number of carbonyl (C=O) groups excluding carboxylic acids is 2. The summed E-state index contributed by atoms with van der Waals surface area (Å²) in [5, 5.41) is 4.77. The molecule has 0 aliphatic carbocycles. The van der Waals surface area contributed by atoms with Crippen molar-refractivity contribution >= 4 is 23.5 Å². The van der Waals surface area contributed by atoms with E-state index in [1.807, 2.05) is 13.8 Å². The minimum absolute atomic E-state index is 0.215. The van der Waals surface area contributed by atoms with Gasteiger partial charge in [0.25, 0.3) is 5.91 Å². The van der Waals surface area contributed by atoms with E-state index in [0.29, 0.717) is 30.3 Å². The van der Waals surface area contributed by atoms with Crippen LogP contribution < -0.4 is 0 Å². The molecule has 0 N–H and O–H groups in total. The third-order valence-electron chi connectivity index (χ3n) is 4.16. The van der Waals surface area contributed by atoms with E-state index >= 15 is 0 Å². The molecule has 0 aromatic carbocycles. The van der Waals surface area contributed by atoms with Gasteiger partial charge in [-0.2, -0.15) is 5.10 Å². The van der Waals surface area contributed by atoms with Crippen molar-refractivity contribution in [1.82, 2.24) is 14.7 Å². The van der Waals surface area contributed by atoms with E-state index in [4.69, 9.17) is 25.8 Å². The summed E-state index contributed by atoms with van der Waals surface area (Å²) in [7, 11) is 1.76. The van der Waals surface area contributed by atoms with Crippen LogP contribution in [-0.2, 0) is 37.4 Å². The molecule has 2 aliphatic heterocycles. The van der Waals surface area contributed by atoms with E-state index in [0.717, 1.165) is 0 Å². The Balaban J connectivity index is 1.74. The van der Waals surface area contributed by atoms with Crippen LogP contribution in [0.15, 0.2) is 6.20 Å². The molecule has 0 saturated carbocycles. The SMILES string of the molecule is Cn1cc(Cl)c(CN(C[C@@H]2COC(C)(C)O2)C(=O)[C@H]2CCC(=O)O2)n1. The Morgan fingerprint density at radius 3 is 2.80 bits per heavy atom. The normalized spacial score (nSPS) is 25.2. The Hall–Kier alpha value is -1.64. The third kappa shape index (κ3) is 4.31. The van der Waals surface area contributed by atoms with Crippen molar-refractivity contribution < 1.29 is 23.8 Å². The maximum Gasteiger partial charge on any atom is 0.306 e. The second kappa shape index (κ2) is 6.93. The van der Waals surface area contributed by atoms with Crippen molar-refractivity contribution in [2.24, 2.45) is 7.05 Å². The number of aromatic nitrogens is 2. The first-order valence-electron chi connectivity index (χ1n) is 8.21. The van der Waals surface area contributed by atoms with Gasteiger partial charge < -0.3 is 19.1 Å². The van der Waals surface area contributed by atoms with Gasteiger partial charge >= 0.3 is 5.97 Å². The number of cyclic esters (lactones) is 1. The molecule has 3 heterocycles. The lowest BCUT2D eigenvalue weighted by Gasteiger charge is -2.27. The molecule has 0 unspecified atom stereocenters. The number of esters is 1. The summed E-state index contributed by atoms with van der Waals surface area (Å²) >= 11 is 6.18. The van der Waals surface area contributed by atoms with Crippen molar-refractivity contribution in [3.05, 3.63) is 16.9 Å². The third-order valence-corrected chi connectivity index (χ3v) is 4.47. The highest BCUT2D eigenvalue weighted by Gasteiger charge is 2.38. The summed E-state index contributed by atoms with van der Waals surface area (Å²) in [6.45, 7) is 4.56. The lowest BCUT2D eigenvalue weighted by molar-refractivity contribution is -0.157. The van der Waals surface area contributed by atoms with Gasteiger partial charge in [-0.1, -0.05) is 11.6 Å². The Morgan fingerprint density at radius 1 is 1.52 bits per heavy atom. The number of halogens is 1. The fourth-order valence-electron chi connectivity index (χ4n) is 3.03. The second-order valence-electron chi connectivity index (χ2n) is 6.78. The van der Waals surface area contributed by atoms with Crippen molar-refractivity contribution in [2.45, 2.75) is 51.2 Å². The van der Waals surface area contributed by atoms with E-state index in [2.05, 4.69) is 5.10 Å². The first kappa shape index (κ1) is 18.2. The molecule has 0 spiro atoms. The largest absolute Gasteiger partial charge is 0.452 e. The van der Waals surface area contributed by atoms with Gasteiger partial charge in [0.2, 0.25) is 0 Å². The Kier molecular flexibility index (Phi) is 5.04. The predicted molar refractivity (Wildman–Crippen MR) is 87.7 cm³/mol. The van der Waals surface area contributed by atoms with E-state index in [9.17, 15) is 9.59 Å². The van der Waals surface area contributed by atoms with E-state index < -0.39 is 11.9 Å². The number of amides is 1. The van der Waals surface area contributed by atoms with Crippen LogP contribution in [0.4, 0.5) is 0 Å². The molecule has 138 valence electrons. The maximum atomic E-state index is 12.8. The molecule has 0 bridgehead atoms. The van der Waals surface area contributed by atoms with E-state index in [1.54, 1.807) is 22.8 Å². The molecule has 1 aromatic heterocycles. The van der Waals surface area contributed by atoms with Crippen LogP contribution in [0, 0.1) is 0 Å². The fraction of sp³-hybridized carbons (Fsp3) is 0.688. The molecular weight excluding hydrogens is 350 g/mol. The van der Waals surface area contributed by atoms with E-state index in [1.165, 1.54) is 0 Å². The molecule has 2 aliphatic rings. The summed E-state index contributed by atoms with van der Waals surface area (Å²) in [5.74, 6) is -1.29. The molecule has 1 amide bonds. The molecule has 2 fully saturated rings. The Bertz CT molecular complexity index is 675. The number of aryl methyl sites for hydroxylation is 1. The smallest absolute Gasteiger partial charge is 0.306 e. The topological polar surface area (TPSA) is 82.9 Å². The first-order chi connectivity index (χ1) is 11.7. The van der Waals surface area contributed by atoms with Gasteiger partial charge in [0.1, 0.15) is 11.8 Å². The molecule has 2 atom stereocenters. The average Bonchev–Trinajstić information content (AvgIpc) is 3.18.